The van der Waals surface area contributed by atoms with Crippen molar-refractivity contribution >= 4 is 28.9 Å². The molecule has 2 aromatic carbocycles. The van der Waals surface area contributed by atoms with Crippen LogP contribution < -0.4 is 4.90 Å². The Morgan fingerprint density at radius 3 is 2.40 bits per heavy atom. The first kappa shape index (κ1) is 18.4. The standard InChI is InChI=1S/C25H17N3OS/c26-15-25(16-27)21-13-12-17-7-4-5-10-19(17)28(21)23(24(29)20-11-6-14-30-20)22(25)18-8-2-1-3-9-18/h1-14,21-23H/t21-,22+,23+/m1/s1. The zero-order valence-electron chi connectivity index (χ0n) is 16.0. The van der Waals surface area contributed by atoms with Crippen molar-refractivity contribution in [3.05, 3.63) is 94.2 Å². The summed E-state index contributed by atoms with van der Waals surface area (Å²) in [6.45, 7) is 0. The molecule has 0 spiro atoms. The molecule has 0 bridgehead atoms. The molecule has 5 rings (SSSR count). The summed E-state index contributed by atoms with van der Waals surface area (Å²) in [4.78, 5) is 16.4. The van der Waals surface area contributed by atoms with Gasteiger partial charge in [-0.2, -0.15) is 10.5 Å². The van der Waals surface area contributed by atoms with Gasteiger partial charge < -0.3 is 4.90 Å². The number of fused-ring (bicyclic) bond motifs is 3. The van der Waals surface area contributed by atoms with E-state index in [1.807, 2.05) is 89.2 Å². The van der Waals surface area contributed by atoms with Crippen molar-refractivity contribution < 1.29 is 4.79 Å². The number of hydrogen-bond donors (Lipinski definition) is 0. The van der Waals surface area contributed by atoms with Crippen molar-refractivity contribution in [3.8, 4) is 12.1 Å². The topological polar surface area (TPSA) is 67.9 Å². The lowest BCUT2D eigenvalue weighted by Gasteiger charge is -2.35. The number of carbonyl (C=O) groups is 1. The van der Waals surface area contributed by atoms with E-state index < -0.39 is 23.4 Å². The number of nitrogens with zero attached hydrogens (tertiary/aromatic N) is 3. The lowest BCUT2D eigenvalue weighted by atomic mass is 9.69. The van der Waals surface area contributed by atoms with Gasteiger partial charge in [-0.15, -0.1) is 11.3 Å². The maximum Gasteiger partial charge on any atom is 0.195 e. The number of carbonyl (C=O) groups excluding carboxylic acids is 1. The van der Waals surface area contributed by atoms with E-state index in [0.29, 0.717) is 4.88 Å². The maximum absolute atomic E-state index is 13.8. The summed E-state index contributed by atoms with van der Waals surface area (Å²) in [7, 11) is 0. The van der Waals surface area contributed by atoms with Crippen LogP contribution in [0.1, 0.15) is 26.7 Å². The number of anilines is 1. The number of para-hydroxylation sites is 1. The predicted octanol–water partition coefficient (Wildman–Crippen LogP) is 5.03. The number of nitriles is 2. The Morgan fingerprint density at radius 2 is 1.70 bits per heavy atom. The van der Waals surface area contributed by atoms with Gasteiger partial charge in [-0.05, 0) is 28.6 Å². The minimum Gasteiger partial charge on any atom is -0.351 e. The Labute approximate surface area is 178 Å². The van der Waals surface area contributed by atoms with Crippen molar-refractivity contribution in [2.24, 2.45) is 5.41 Å². The van der Waals surface area contributed by atoms with Gasteiger partial charge in [0.2, 0.25) is 0 Å². The van der Waals surface area contributed by atoms with E-state index in [0.717, 1.165) is 16.8 Å². The van der Waals surface area contributed by atoms with Gasteiger partial charge in [0.1, 0.15) is 6.04 Å². The second-order valence-electron chi connectivity index (χ2n) is 7.54. The number of ketones is 1. The predicted molar refractivity (Wildman–Crippen MR) is 117 cm³/mol. The van der Waals surface area contributed by atoms with Crippen LogP contribution in [0.3, 0.4) is 0 Å². The van der Waals surface area contributed by atoms with Gasteiger partial charge in [0, 0.05) is 11.6 Å². The first-order valence-corrected chi connectivity index (χ1v) is 10.6. The minimum atomic E-state index is -1.39. The highest BCUT2D eigenvalue weighted by atomic mass is 32.1. The van der Waals surface area contributed by atoms with Crippen LogP contribution in [-0.4, -0.2) is 17.9 Å². The fraction of sp³-hybridized carbons (Fsp3) is 0.160. The Balaban J connectivity index is 1.80. The second kappa shape index (κ2) is 6.99. The Morgan fingerprint density at radius 1 is 0.967 bits per heavy atom. The highest BCUT2D eigenvalue weighted by molar-refractivity contribution is 7.12. The molecule has 1 aromatic heterocycles. The normalized spacial score (nSPS) is 23.1. The molecule has 0 saturated carbocycles. The Hall–Kier alpha value is -3.67. The highest BCUT2D eigenvalue weighted by Crippen LogP contribution is 2.55. The van der Waals surface area contributed by atoms with E-state index >= 15 is 0 Å². The van der Waals surface area contributed by atoms with Crippen LogP contribution in [0.5, 0.6) is 0 Å². The molecule has 5 heteroatoms. The molecule has 0 radical (unpaired) electrons. The number of thiophene rings is 1. The van der Waals surface area contributed by atoms with E-state index in [1.165, 1.54) is 11.3 Å². The summed E-state index contributed by atoms with van der Waals surface area (Å²) >= 11 is 1.39. The molecule has 2 aliphatic rings. The molecule has 3 heterocycles. The first-order valence-electron chi connectivity index (χ1n) is 9.72. The van der Waals surface area contributed by atoms with Crippen molar-refractivity contribution in [1.29, 1.82) is 10.5 Å². The Kier molecular flexibility index (Phi) is 4.28. The molecule has 3 aromatic rings. The fourth-order valence-electron chi connectivity index (χ4n) is 4.83. The molecule has 0 aliphatic carbocycles. The third-order valence-electron chi connectivity index (χ3n) is 6.11. The molecule has 0 unspecified atom stereocenters. The fourth-order valence-corrected chi connectivity index (χ4v) is 5.53. The second-order valence-corrected chi connectivity index (χ2v) is 8.49. The molecular weight excluding hydrogens is 390 g/mol. The average molecular weight is 407 g/mol. The van der Waals surface area contributed by atoms with Crippen LogP contribution in [-0.2, 0) is 0 Å². The van der Waals surface area contributed by atoms with Crippen LogP contribution in [0.4, 0.5) is 5.69 Å². The van der Waals surface area contributed by atoms with Gasteiger partial charge in [-0.25, -0.2) is 0 Å². The Bertz CT molecular complexity index is 1200. The van der Waals surface area contributed by atoms with E-state index in [1.54, 1.807) is 0 Å². The van der Waals surface area contributed by atoms with Gasteiger partial charge in [0.25, 0.3) is 0 Å². The highest BCUT2D eigenvalue weighted by Gasteiger charge is 2.63. The largest absolute Gasteiger partial charge is 0.351 e. The van der Waals surface area contributed by atoms with E-state index in [-0.39, 0.29) is 5.78 Å². The monoisotopic (exact) mass is 407 g/mol. The van der Waals surface area contributed by atoms with Gasteiger partial charge in [0.15, 0.2) is 11.2 Å². The van der Waals surface area contributed by atoms with E-state index in [4.69, 9.17) is 0 Å². The SMILES string of the molecule is N#CC1(C#N)[C@@H](c2ccccc2)[C@@H](C(=O)c2cccs2)N2c3ccccc3C=C[C@@H]21. The third-order valence-corrected chi connectivity index (χ3v) is 6.99. The molecule has 4 nitrogen and oxygen atoms in total. The summed E-state index contributed by atoms with van der Waals surface area (Å²) in [5, 5.41) is 22.5. The van der Waals surface area contributed by atoms with Crippen molar-refractivity contribution in [2.45, 2.75) is 18.0 Å². The number of benzene rings is 2. The van der Waals surface area contributed by atoms with Crippen LogP contribution in [0.2, 0.25) is 0 Å². The summed E-state index contributed by atoms with van der Waals surface area (Å²) in [6.07, 6.45) is 3.87. The maximum atomic E-state index is 13.8. The summed E-state index contributed by atoms with van der Waals surface area (Å²) in [5.74, 6) is -0.634. The number of rotatable bonds is 3. The van der Waals surface area contributed by atoms with Crippen LogP contribution in [0.25, 0.3) is 6.08 Å². The van der Waals surface area contributed by atoms with Gasteiger partial charge in [-0.3, -0.25) is 4.79 Å². The zero-order valence-corrected chi connectivity index (χ0v) is 16.8. The van der Waals surface area contributed by atoms with E-state index in [9.17, 15) is 15.3 Å². The summed E-state index contributed by atoms with van der Waals surface area (Å²) in [5.41, 5.74) is 1.31. The van der Waals surface area contributed by atoms with Crippen LogP contribution in [0.15, 0.2) is 78.2 Å². The van der Waals surface area contributed by atoms with Gasteiger partial charge in [-0.1, -0.05) is 66.7 Å². The smallest absolute Gasteiger partial charge is 0.195 e. The van der Waals surface area contributed by atoms with Crippen LogP contribution in [0, 0.1) is 28.1 Å². The third kappa shape index (κ3) is 2.46. The molecular formula is C25H17N3OS. The lowest BCUT2D eigenvalue weighted by molar-refractivity contribution is 0.0955. The summed E-state index contributed by atoms with van der Waals surface area (Å²) < 4.78 is 0. The zero-order chi connectivity index (χ0) is 20.7. The van der Waals surface area contributed by atoms with Gasteiger partial charge >= 0.3 is 0 Å². The molecule has 1 fully saturated rings. The van der Waals surface area contributed by atoms with Crippen molar-refractivity contribution in [2.75, 3.05) is 4.90 Å². The molecule has 0 N–H and O–H groups in total. The van der Waals surface area contributed by atoms with Crippen LogP contribution >= 0.6 is 11.3 Å². The van der Waals surface area contributed by atoms with Crippen molar-refractivity contribution in [1.82, 2.24) is 0 Å². The number of hydrogen-bond acceptors (Lipinski definition) is 5. The molecule has 1 saturated heterocycles. The number of Topliss-reactive ketones (excluding diaryl/α,β-unsaturated/α-hetero) is 1. The first-order chi connectivity index (χ1) is 14.7. The average Bonchev–Trinajstić information content (AvgIpc) is 3.44. The van der Waals surface area contributed by atoms with E-state index in [2.05, 4.69) is 12.1 Å². The molecule has 3 atom stereocenters. The molecule has 2 aliphatic heterocycles. The molecule has 144 valence electrons. The lowest BCUT2D eigenvalue weighted by Crippen LogP contribution is -2.44. The molecule has 0 amide bonds. The van der Waals surface area contributed by atoms with Crippen molar-refractivity contribution in [3.63, 3.8) is 0 Å². The van der Waals surface area contributed by atoms with Gasteiger partial charge in [0.05, 0.1) is 23.1 Å². The quantitative estimate of drug-likeness (QED) is 0.571. The summed E-state index contributed by atoms with van der Waals surface area (Å²) in [6, 6.07) is 24.5. The molecule has 30 heavy (non-hydrogen) atoms. The minimum absolute atomic E-state index is 0.0543.